The van der Waals surface area contributed by atoms with Crippen molar-refractivity contribution in [3.8, 4) is 11.5 Å². The zero-order valence-electron chi connectivity index (χ0n) is 15.8. The first-order valence-corrected chi connectivity index (χ1v) is 8.95. The number of esters is 1. The third kappa shape index (κ3) is 3.79. The normalized spacial score (nSPS) is 13.8. The number of rotatable bonds is 7. The molecule has 29 heavy (non-hydrogen) atoms. The van der Waals surface area contributed by atoms with Crippen LogP contribution in [0.15, 0.2) is 42.5 Å². The Kier molecular flexibility index (Phi) is 5.58. The first-order chi connectivity index (χ1) is 13.8. The number of hydrogen-bond acceptors (Lipinski definition) is 7. The van der Waals surface area contributed by atoms with E-state index >= 15 is 0 Å². The van der Waals surface area contributed by atoms with E-state index in [4.69, 9.17) is 9.47 Å². The molecule has 0 aromatic heterocycles. The van der Waals surface area contributed by atoms with Crippen LogP contribution in [0, 0.1) is 10.1 Å². The van der Waals surface area contributed by atoms with Crippen molar-refractivity contribution in [1.29, 1.82) is 0 Å². The smallest absolute Gasteiger partial charge is 0.334 e. The molecular formula is C20H18N2O7. The first kappa shape index (κ1) is 20.0. The number of carbonyl (C=O) groups is 3. The lowest BCUT2D eigenvalue weighted by atomic mass is 10.1. The number of nitro benzene ring substituents is 1. The maximum atomic E-state index is 12.7. The second-order valence-electron chi connectivity index (χ2n) is 6.35. The van der Waals surface area contributed by atoms with Crippen LogP contribution < -0.4 is 9.47 Å². The predicted octanol–water partition coefficient (Wildman–Crippen LogP) is 2.97. The molecular weight excluding hydrogens is 380 g/mol. The van der Waals surface area contributed by atoms with Crippen LogP contribution in [0.5, 0.6) is 11.5 Å². The summed E-state index contributed by atoms with van der Waals surface area (Å²) in [5.74, 6) is -1.68. The molecule has 0 bridgehead atoms. The second kappa shape index (κ2) is 8.09. The van der Waals surface area contributed by atoms with Crippen molar-refractivity contribution in [3.63, 3.8) is 0 Å². The Morgan fingerprint density at radius 2 is 1.76 bits per heavy atom. The van der Waals surface area contributed by atoms with E-state index in [9.17, 15) is 24.5 Å². The van der Waals surface area contributed by atoms with Crippen LogP contribution in [-0.2, 0) is 4.79 Å². The van der Waals surface area contributed by atoms with E-state index in [1.165, 1.54) is 31.2 Å². The summed E-state index contributed by atoms with van der Waals surface area (Å²) < 4.78 is 10.7. The Morgan fingerprint density at radius 3 is 2.38 bits per heavy atom. The summed E-state index contributed by atoms with van der Waals surface area (Å²) in [6.07, 6.45) is 0.854. The largest absolute Gasteiger partial charge is 0.494 e. The second-order valence-corrected chi connectivity index (χ2v) is 6.35. The highest BCUT2D eigenvalue weighted by atomic mass is 16.6. The summed E-state index contributed by atoms with van der Waals surface area (Å²) in [6, 6.07) is 8.83. The molecule has 0 aliphatic carbocycles. The molecule has 1 atom stereocenters. The molecule has 0 saturated heterocycles. The number of amides is 2. The van der Waals surface area contributed by atoms with Gasteiger partial charge in [0.05, 0.1) is 17.1 Å². The number of nitrogens with zero attached hydrogens (tertiary/aromatic N) is 2. The molecule has 0 unspecified atom stereocenters. The van der Waals surface area contributed by atoms with Crippen molar-refractivity contribution in [2.45, 2.75) is 26.3 Å². The molecule has 2 aromatic rings. The number of hydrogen-bond donors (Lipinski definition) is 0. The number of nitro groups is 1. The monoisotopic (exact) mass is 398 g/mol. The molecule has 2 amide bonds. The van der Waals surface area contributed by atoms with Crippen LogP contribution in [0.1, 0.15) is 41.0 Å². The van der Waals surface area contributed by atoms with Crippen molar-refractivity contribution >= 4 is 23.5 Å². The maximum absolute atomic E-state index is 12.7. The Labute approximate surface area is 166 Å². The van der Waals surface area contributed by atoms with Crippen molar-refractivity contribution in [3.05, 3.63) is 63.7 Å². The number of ether oxygens (including phenoxy) is 2. The van der Waals surface area contributed by atoms with Gasteiger partial charge in [0.25, 0.3) is 17.5 Å². The van der Waals surface area contributed by atoms with Crippen LogP contribution in [0.2, 0.25) is 0 Å². The topological polar surface area (TPSA) is 116 Å². The van der Waals surface area contributed by atoms with Gasteiger partial charge < -0.3 is 9.47 Å². The Bertz CT molecular complexity index is 985. The Balaban J connectivity index is 1.76. The average molecular weight is 398 g/mol. The van der Waals surface area contributed by atoms with Gasteiger partial charge >= 0.3 is 5.97 Å². The predicted molar refractivity (Wildman–Crippen MR) is 101 cm³/mol. The molecule has 0 saturated carbocycles. The zero-order valence-corrected chi connectivity index (χ0v) is 15.8. The number of benzene rings is 2. The molecule has 150 valence electrons. The Hall–Kier alpha value is -3.75. The lowest BCUT2D eigenvalue weighted by molar-refractivity contribution is -0.385. The van der Waals surface area contributed by atoms with E-state index in [0.717, 1.165) is 12.5 Å². The van der Waals surface area contributed by atoms with E-state index in [0.29, 0.717) is 17.3 Å². The highest BCUT2D eigenvalue weighted by Gasteiger charge is 2.45. The van der Waals surface area contributed by atoms with Crippen LogP contribution in [-0.4, -0.2) is 40.3 Å². The van der Waals surface area contributed by atoms with Gasteiger partial charge in [-0.3, -0.25) is 24.6 Å². The molecule has 1 aliphatic rings. The maximum Gasteiger partial charge on any atom is 0.334 e. The molecule has 1 heterocycles. The highest BCUT2D eigenvalue weighted by molar-refractivity contribution is 6.24. The van der Waals surface area contributed by atoms with Crippen molar-refractivity contribution in [2.75, 3.05) is 6.61 Å². The highest BCUT2D eigenvalue weighted by Crippen LogP contribution is 2.32. The van der Waals surface area contributed by atoms with E-state index in [2.05, 4.69) is 0 Å². The van der Waals surface area contributed by atoms with Gasteiger partial charge in [0.1, 0.15) is 23.1 Å². The summed E-state index contributed by atoms with van der Waals surface area (Å²) in [4.78, 5) is 48.8. The van der Waals surface area contributed by atoms with Gasteiger partial charge in [0, 0.05) is 6.07 Å². The summed E-state index contributed by atoms with van der Waals surface area (Å²) >= 11 is 0. The van der Waals surface area contributed by atoms with Crippen molar-refractivity contribution in [2.24, 2.45) is 0 Å². The zero-order chi connectivity index (χ0) is 21.1. The van der Waals surface area contributed by atoms with Crippen LogP contribution in [0.25, 0.3) is 0 Å². The standard InChI is InChI=1S/C20H18N2O7/c1-3-11-28-13-7-9-14(10-8-13)29-20(25)12(2)21-18(23)15-5-4-6-16(22(26)27)17(15)19(21)24/h4-10,12H,3,11H2,1-2H3/t12-/m0/s1. The van der Waals surface area contributed by atoms with E-state index in [1.807, 2.05) is 6.92 Å². The summed E-state index contributed by atoms with van der Waals surface area (Å²) in [7, 11) is 0. The van der Waals surface area contributed by atoms with E-state index in [1.54, 1.807) is 12.1 Å². The van der Waals surface area contributed by atoms with Gasteiger partial charge in [-0.1, -0.05) is 13.0 Å². The molecule has 0 radical (unpaired) electrons. The molecule has 9 nitrogen and oxygen atoms in total. The number of fused-ring (bicyclic) bond motifs is 1. The fourth-order valence-electron chi connectivity index (χ4n) is 2.92. The third-order valence-electron chi connectivity index (χ3n) is 4.36. The summed E-state index contributed by atoms with van der Waals surface area (Å²) in [5, 5.41) is 11.2. The lowest BCUT2D eigenvalue weighted by Gasteiger charge is -2.20. The van der Waals surface area contributed by atoms with Crippen molar-refractivity contribution in [1.82, 2.24) is 4.90 Å². The minimum Gasteiger partial charge on any atom is -0.494 e. The first-order valence-electron chi connectivity index (χ1n) is 8.95. The fourth-order valence-corrected chi connectivity index (χ4v) is 2.92. The molecule has 3 rings (SSSR count). The molecule has 0 N–H and O–H groups in total. The minimum absolute atomic E-state index is 0.110. The fraction of sp³-hybridized carbons (Fsp3) is 0.250. The molecule has 2 aromatic carbocycles. The minimum atomic E-state index is -1.27. The third-order valence-corrected chi connectivity index (χ3v) is 4.36. The quantitative estimate of drug-likeness (QED) is 0.231. The van der Waals surface area contributed by atoms with E-state index < -0.39 is 34.4 Å². The van der Waals surface area contributed by atoms with Crippen molar-refractivity contribution < 1.29 is 28.8 Å². The summed E-state index contributed by atoms with van der Waals surface area (Å²) in [6.45, 7) is 3.86. The number of imide groups is 1. The molecule has 0 fully saturated rings. The van der Waals surface area contributed by atoms with Crippen LogP contribution in [0.3, 0.4) is 0 Å². The molecule has 0 spiro atoms. The molecule has 1 aliphatic heterocycles. The van der Waals surface area contributed by atoms with Gasteiger partial charge in [-0.25, -0.2) is 4.79 Å². The lowest BCUT2D eigenvalue weighted by Crippen LogP contribution is -2.44. The van der Waals surface area contributed by atoms with Crippen LogP contribution >= 0.6 is 0 Å². The SMILES string of the molecule is CCCOc1ccc(OC(=O)[C@H](C)N2C(=O)c3cccc([N+](=O)[O-])c3C2=O)cc1. The number of carbonyl (C=O) groups excluding carboxylic acids is 3. The van der Waals surface area contributed by atoms with Gasteiger partial charge in [-0.05, 0) is 43.7 Å². The van der Waals surface area contributed by atoms with Gasteiger partial charge in [0.2, 0.25) is 0 Å². The average Bonchev–Trinajstić information content (AvgIpc) is 2.97. The van der Waals surface area contributed by atoms with Crippen LogP contribution in [0.4, 0.5) is 5.69 Å². The van der Waals surface area contributed by atoms with Gasteiger partial charge in [-0.2, -0.15) is 0 Å². The van der Waals surface area contributed by atoms with Gasteiger partial charge in [0.15, 0.2) is 0 Å². The molecule has 9 heteroatoms. The van der Waals surface area contributed by atoms with E-state index in [-0.39, 0.29) is 16.9 Å². The Morgan fingerprint density at radius 1 is 1.10 bits per heavy atom. The van der Waals surface area contributed by atoms with Gasteiger partial charge in [-0.15, -0.1) is 0 Å². The summed E-state index contributed by atoms with van der Waals surface area (Å²) in [5.41, 5.74) is -0.910.